The van der Waals surface area contributed by atoms with Crippen LogP contribution in [0.5, 0.6) is 0 Å². The van der Waals surface area contributed by atoms with Gasteiger partial charge in [-0.3, -0.25) is 0 Å². The van der Waals surface area contributed by atoms with Crippen LogP contribution in [0.1, 0.15) is 77.6 Å². The molecule has 17 heavy (non-hydrogen) atoms. The summed E-state index contributed by atoms with van der Waals surface area (Å²) in [5.41, 5.74) is 0. The van der Waals surface area contributed by atoms with E-state index in [0.29, 0.717) is 0 Å². The summed E-state index contributed by atoms with van der Waals surface area (Å²) in [6, 6.07) is 0.839. The quantitative estimate of drug-likeness (QED) is 0.712. The molecule has 100 valence electrons. The zero-order valence-electron chi connectivity index (χ0n) is 11.7. The molecule has 1 heteroatoms. The fraction of sp³-hybridized carbons (Fsp3) is 1.00. The average molecular weight is 237 g/mol. The summed E-state index contributed by atoms with van der Waals surface area (Å²) in [5, 5.41) is 3.79. The molecule has 0 radical (unpaired) electrons. The van der Waals surface area contributed by atoms with Crippen LogP contribution in [0.15, 0.2) is 0 Å². The molecule has 0 spiro atoms. The first-order valence-electron chi connectivity index (χ1n) is 8.15. The standard InChI is InChI=1S/C16H31N/c1-2-17-16-13-9-5-8-12-15(16)14-10-6-3-4-7-11-14/h14-17H,2-13H2,1H3. The van der Waals surface area contributed by atoms with Crippen LogP contribution >= 0.6 is 0 Å². The third kappa shape index (κ3) is 3.98. The van der Waals surface area contributed by atoms with Crippen LogP contribution in [0.3, 0.4) is 0 Å². The van der Waals surface area contributed by atoms with E-state index in [1.54, 1.807) is 0 Å². The first-order chi connectivity index (χ1) is 8.42. The van der Waals surface area contributed by atoms with Gasteiger partial charge >= 0.3 is 0 Å². The highest BCUT2D eigenvalue weighted by molar-refractivity contribution is 4.85. The van der Waals surface area contributed by atoms with Gasteiger partial charge in [0.2, 0.25) is 0 Å². The predicted molar refractivity (Wildman–Crippen MR) is 75.2 cm³/mol. The Morgan fingerprint density at radius 1 is 0.765 bits per heavy atom. The molecule has 2 saturated carbocycles. The van der Waals surface area contributed by atoms with Gasteiger partial charge in [0.15, 0.2) is 0 Å². The van der Waals surface area contributed by atoms with Gasteiger partial charge in [-0.2, -0.15) is 0 Å². The molecule has 0 saturated heterocycles. The van der Waals surface area contributed by atoms with Crippen LogP contribution < -0.4 is 5.32 Å². The van der Waals surface area contributed by atoms with Crippen LogP contribution in [-0.4, -0.2) is 12.6 Å². The molecule has 0 aromatic carbocycles. The van der Waals surface area contributed by atoms with E-state index < -0.39 is 0 Å². The predicted octanol–water partition coefficient (Wildman–Crippen LogP) is 4.52. The zero-order valence-corrected chi connectivity index (χ0v) is 11.7. The summed E-state index contributed by atoms with van der Waals surface area (Å²) >= 11 is 0. The second kappa shape index (κ2) is 7.41. The molecule has 0 bridgehead atoms. The Balaban J connectivity index is 1.96. The van der Waals surface area contributed by atoms with Gasteiger partial charge in [-0.25, -0.2) is 0 Å². The van der Waals surface area contributed by atoms with Crippen molar-refractivity contribution in [3.63, 3.8) is 0 Å². The van der Waals surface area contributed by atoms with E-state index >= 15 is 0 Å². The van der Waals surface area contributed by atoms with Crippen molar-refractivity contribution in [2.24, 2.45) is 11.8 Å². The minimum atomic E-state index is 0.839. The second-order valence-electron chi connectivity index (χ2n) is 6.22. The van der Waals surface area contributed by atoms with E-state index in [1.165, 1.54) is 70.6 Å². The molecule has 0 aliphatic heterocycles. The molecule has 2 atom stereocenters. The van der Waals surface area contributed by atoms with E-state index in [1.807, 2.05) is 0 Å². The smallest absolute Gasteiger partial charge is 0.00978 e. The van der Waals surface area contributed by atoms with Crippen molar-refractivity contribution in [1.29, 1.82) is 0 Å². The first-order valence-corrected chi connectivity index (χ1v) is 8.15. The lowest BCUT2D eigenvalue weighted by atomic mass is 9.78. The SMILES string of the molecule is CCNC1CCCCCC1C1CCCCCC1. The molecule has 2 aliphatic rings. The molecule has 2 aliphatic carbocycles. The molecule has 2 fully saturated rings. The Morgan fingerprint density at radius 2 is 1.35 bits per heavy atom. The zero-order chi connectivity index (χ0) is 11.9. The topological polar surface area (TPSA) is 12.0 Å². The maximum atomic E-state index is 3.79. The molecule has 2 rings (SSSR count). The Labute approximate surface area is 108 Å². The lowest BCUT2D eigenvalue weighted by Gasteiger charge is -2.32. The van der Waals surface area contributed by atoms with Gasteiger partial charge in [0.25, 0.3) is 0 Å². The van der Waals surface area contributed by atoms with Crippen molar-refractivity contribution in [1.82, 2.24) is 5.32 Å². The minimum Gasteiger partial charge on any atom is -0.314 e. The van der Waals surface area contributed by atoms with Crippen molar-refractivity contribution >= 4 is 0 Å². The van der Waals surface area contributed by atoms with E-state index in [0.717, 1.165) is 24.4 Å². The molecule has 0 heterocycles. The summed E-state index contributed by atoms with van der Waals surface area (Å²) in [7, 11) is 0. The van der Waals surface area contributed by atoms with Crippen LogP contribution in [0, 0.1) is 11.8 Å². The van der Waals surface area contributed by atoms with Gasteiger partial charge in [0.05, 0.1) is 0 Å². The first kappa shape index (κ1) is 13.4. The fourth-order valence-corrected chi connectivity index (χ4v) is 4.16. The van der Waals surface area contributed by atoms with Crippen molar-refractivity contribution < 1.29 is 0 Å². The van der Waals surface area contributed by atoms with Crippen LogP contribution in [0.25, 0.3) is 0 Å². The van der Waals surface area contributed by atoms with Crippen LogP contribution in [0.4, 0.5) is 0 Å². The molecule has 1 N–H and O–H groups in total. The van der Waals surface area contributed by atoms with Crippen LogP contribution in [0.2, 0.25) is 0 Å². The van der Waals surface area contributed by atoms with E-state index in [2.05, 4.69) is 12.2 Å². The molecular formula is C16H31N. The van der Waals surface area contributed by atoms with Crippen molar-refractivity contribution in [3.05, 3.63) is 0 Å². The van der Waals surface area contributed by atoms with Crippen molar-refractivity contribution in [2.75, 3.05) is 6.54 Å². The highest BCUT2D eigenvalue weighted by Crippen LogP contribution is 2.36. The molecule has 0 aromatic heterocycles. The number of hydrogen-bond acceptors (Lipinski definition) is 1. The third-order valence-corrected chi connectivity index (χ3v) is 5.04. The van der Waals surface area contributed by atoms with Gasteiger partial charge in [0, 0.05) is 6.04 Å². The molecule has 1 nitrogen and oxygen atoms in total. The molecular weight excluding hydrogens is 206 g/mol. The number of nitrogens with one attached hydrogen (secondary N) is 1. The Bertz CT molecular complexity index is 194. The highest BCUT2D eigenvalue weighted by atomic mass is 14.9. The highest BCUT2D eigenvalue weighted by Gasteiger charge is 2.30. The monoisotopic (exact) mass is 237 g/mol. The number of rotatable bonds is 3. The normalized spacial score (nSPS) is 33.0. The Morgan fingerprint density at radius 3 is 2.06 bits per heavy atom. The summed E-state index contributed by atoms with van der Waals surface area (Å²) in [5.74, 6) is 2.04. The second-order valence-corrected chi connectivity index (χ2v) is 6.22. The minimum absolute atomic E-state index is 0.839. The maximum absolute atomic E-state index is 3.79. The summed E-state index contributed by atoms with van der Waals surface area (Å²) in [6.45, 7) is 3.43. The summed E-state index contributed by atoms with van der Waals surface area (Å²) < 4.78 is 0. The summed E-state index contributed by atoms with van der Waals surface area (Å²) in [4.78, 5) is 0. The van der Waals surface area contributed by atoms with Crippen LogP contribution in [-0.2, 0) is 0 Å². The van der Waals surface area contributed by atoms with Gasteiger partial charge in [-0.05, 0) is 31.2 Å². The maximum Gasteiger partial charge on any atom is 0.00978 e. The lowest BCUT2D eigenvalue weighted by Crippen LogP contribution is -2.39. The fourth-order valence-electron chi connectivity index (χ4n) is 4.16. The molecule has 0 aromatic rings. The Kier molecular flexibility index (Phi) is 5.84. The largest absolute Gasteiger partial charge is 0.314 e. The molecule has 0 amide bonds. The van der Waals surface area contributed by atoms with Gasteiger partial charge in [-0.15, -0.1) is 0 Å². The van der Waals surface area contributed by atoms with Crippen molar-refractivity contribution in [3.8, 4) is 0 Å². The van der Waals surface area contributed by atoms with E-state index in [9.17, 15) is 0 Å². The Hall–Kier alpha value is -0.0400. The van der Waals surface area contributed by atoms with E-state index in [-0.39, 0.29) is 0 Å². The van der Waals surface area contributed by atoms with Gasteiger partial charge in [-0.1, -0.05) is 64.7 Å². The van der Waals surface area contributed by atoms with Gasteiger partial charge in [0.1, 0.15) is 0 Å². The number of hydrogen-bond donors (Lipinski definition) is 1. The summed E-state index contributed by atoms with van der Waals surface area (Å²) in [6.07, 6.45) is 16.4. The third-order valence-electron chi connectivity index (χ3n) is 5.04. The van der Waals surface area contributed by atoms with Crippen molar-refractivity contribution in [2.45, 2.75) is 83.6 Å². The lowest BCUT2D eigenvalue weighted by molar-refractivity contribution is 0.215. The van der Waals surface area contributed by atoms with E-state index in [4.69, 9.17) is 0 Å². The average Bonchev–Trinajstić information content (AvgIpc) is 2.71. The molecule has 2 unspecified atom stereocenters. The van der Waals surface area contributed by atoms with Gasteiger partial charge < -0.3 is 5.32 Å².